The molecule has 0 saturated carbocycles. The number of aromatic nitrogens is 1. The van der Waals surface area contributed by atoms with Crippen molar-refractivity contribution in [3.8, 4) is 11.5 Å². The molecular weight excluding hydrogens is 366 g/mol. The van der Waals surface area contributed by atoms with E-state index in [4.69, 9.17) is 9.47 Å². The third kappa shape index (κ3) is 5.48. The molecule has 1 aromatic heterocycles. The van der Waals surface area contributed by atoms with Crippen LogP contribution in [-0.2, 0) is 0 Å². The molecule has 0 atom stereocenters. The Labute approximate surface area is 170 Å². The number of amides is 1. The minimum absolute atomic E-state index is 0.242. The predicted octanol–water partition coefficient (Wildman–Crippen LogP) is 4.26. The molecule has 0 aliphatic carbocycles. The van der Waals surface area contributed by atoms with Crippen molar-refractivity contribution in [3.63, 3.8) is 0 Å². The molecule has 0 aliphatic heterocycles. The number of aryl methyl sites for hydroxylation is 2. The Morgan fingerprint density at radius 3 is 2.38 bits per heavy atom. The number of rotatable bonds is 8. The van der Waals surface area contributed by atoms with Gasteiger partial charge in [-0.3, -0.25) is 9.78 Å². The molecule has 29 heavy (non-hydrogen) atoms. The maximum Gasteiger partial charge on any atom is 0.270 e. The fourth-order valence-electron chi connectivity index (χ4n) is 2.88. The third-order valence-corrected chi connectivity index (χ3v) is 4.46. The lowest BCUT2D eigenvalue weighted by Gasteiger charge is -2.13. The fraction of sp³-hybridized carbons (Fsp3) is 0.217. The summed E-state index contributed by atoms with van der Waals surface area (Å²) in [7, 11) is 1.62. The van der Waals surface area contributed by atoms with Crippen molar-refractivity contribution < 1.29 is 14.3 Å². The Bertz CT molecular complexity index is 951. The second-order valence-electron chi connectivity index (χ2n) is 6.60. The summed E-state index contributed by atoms with van der Waals surface area (Å²) in [5.41, 5.74) is 4.49. The second-order valence-corrected chi connectivity index (χ2v) is 6.60. The van der Waals surface area contributed by atoms with Gasteiger partial charge in [-0.1, -0.05) is 18.2 Å². The molecule has 0 fully saturated rings. The average molecular weight is 391 g/mol. The molecule has 3 aromatic rings. The molecule has 3 rings (SSSR count). The van der Waals surface area contributed by atoms with Crippen LogP contribution in [-0.4, -0.2) is 31.2 Å². The second kappa shape index (κ2) is 9.59. The molecule has 6 heteroatoms. The third-order valence-electron chi connectivity index (χ3n) is 4.46. The van der Waals surface area contributed by atoms with Gasteiger partial charge >= 0.3 is 0 Å². The van der Waals surface area contributed by atoms with Crippen LogP contribution >= 0.6 is 0 Å². The van der Waals surface area contributed by atoms with Gasteiger partial charge in [-0.2, -0.15) is 0 Å². The summed E-state index contributed by atoms with van der Waals surface area (Å²) in [6, 6.07) is 17.0. The van der Waals surface area contributed by atoms with Crippen LogP contribution in [0.25, 0.3) is 0 Å². The highest BCUT2D eigenvalue weighted by Gasteiger charge is 2.09. The largest absolute Gasteiger partial charge is 0.497 e. The van der Waals surface area contributed by atoms with Gasteiger partial charge in [-0.05, 0) is 61.4 Å². The molecule has 0 unspecified atom stereocenters. The highest BCUT2D eigenvalue weighted by Crippen LogP contribution is 2.24. The Hall–Kier alpha value is -3.54. The SMILES string of the molecule is COc1ccc(OCCNC(=O)c2cc(Nc3c(C)cccc3C)ccn2)cc1. The number of carbonyl (C=O) groups excluding carboxylic acids is 1. The van der Waals surface area contributed by atoms with E-state index in [1.807, 2.05) is 62.4 Å². The topological polar surface area (TPSA) is 72.5 Å². The molecule has 0 spiro atoms. The Morgan fingerprint density at radius 1 is 1.00 bits per heavy atom. The van der Waals surface area contributed by atoms with E-state index in [-0.39, 0.29) is 5.91 Å². The number of para-hydroxylation sites is 1. The lowest BCUT2D eigenvalue weighted by molar-refractivity contribution is 0.0942. The summed E-state index contributed by atoms with van der Waals surface area (Å²) < 4.78 is 10.7. The predicted molar refractivity (Wildman–Crippen MR) is 114 cm³/mol. The molecule has 0 saturated heterocycles. The van der Waals surface area contributed by atoms with Crippen LogP contribution in [0.15, 0.2) is 60.8 Å². The van der Waals surface area contributed by atoms with Crippen LogP contribution in [0.5, 0.6) is 11.5 Å². The number of hydrogen-bond acceptors (Lipinski definition) is 5. The van der Waals surface area contributed by atoms with E-state index in [1.165, 1.54) is 0 Å². The molecule has 2 aromatic carbocycles. The fourth-order valence-corrected chi connectivity index (χ4v) is 2.88. The Balaban J connectivity index is 1.53. The van der Waals surface area contributed by atoms with Gasteiger partial charge in [0.1, 0.15) is 23.8 Å². The van der Waals surface area contributed by atoms with Gasteiger partial charge < -0.3 is 20.1 Å². The van der Waals surface area contributed by atoms with Crippen molar-refractivity contribution in [2.75, 3.05) is 25.6 Å². The van der Waals surface area contributed by atoms with E-state index >= 15 is 0 Å². The molecule has 6 nitrogen and oxygen atoms in total. The van der Waals surface area contributed by atoms with Crippen LogP contribution in [0.3, 0.4) is 0 Å². The van der Waals surface area contributed by atoms with E-state index in [2.05, 4.69) is 15.6 Å². The highest BCUT2D eigenvalue weighted by molar-refractivity contribution is 5.93. The minimum Gasteiger partial charge on any atom is -0.497 e. The van der Waals surface area contributed by atoms with Crippen molar-refractivity contribution in [2.24, 2.45) is 0 Å². The number of methoxy groups -OCH3 is 1. The number of benzene rings is 2. The molecule has 1 heterocycles. The first-order valence-electron chi connectivity index (χ1n) is 9.41. The number of ether oxygens (including phenoxy) is 2. The molecule has 1 amide bonds. The summed E-state index contributed by atoms with van der Waals surface area (Å²) in [5, 5.41) is 6.21. The number of carbonyl (C=O) groups is 1. The first-order valence-corrected chi connectivity index (χ1v) is 9.41. The van der Waals surface area contributed by atoms with E-state index in [0.717, 1.165) is 34.0 Å². The Morgan fingerprint density at radius 2 is 1.69 bits per heavy atom. The number of hydrogen-bond donors (Lipinski definition) is 2. The number of nitrogens with one attached hydrogen (secondary N) is 2. The first-order chi connectivity index (χ1) is 14.1. The van der Waals surface area contributed by atoms with Gasteiger partial charge in [0, 0.05) is 17.6 Å². The van der Waals surface area contributed by atoms with Crippen LogP contribution in [0.2, 0.25) is 0 Å². The average Bonchev–Trinajstić information content (AvgIpc) is 2.74. The maximum absolute atomic E-state index is 12.4. The first kappa shape index (κ1) is 20.2. The summed E-state index contributed by atoms with van der Waals surface area (Å²) >= 11 is 0. The van der Waals surface area contributed by atoms with Gasteiger partial charge in [0.2, 0.25) is 0 Å². The molecule has 0 aliphatic rings. The van der Waals surface area contributed by atoms with Crippen molar-refractivity contribution >= 4 is 17.3 Å². The monoisotopic (exact) mass is 391 g/mol. The Kier molecular flexibility index (Phi) is 6.68. The standard InChI is InChI=1S/C23H25N3O3/c1-16-5-4-6-17(2)22(16)26-18-11-12-24-21(15-18)23(27)25-13-14-29-20-9-7-19(28-3)8-10-20/h4-12,15H,13-14H2,1-3H3,(H,24,26)(H,25,27). The van der Waals surface area contributed by atoms with E-state index in [0.29, 0.717) is 18.8 Å². The molecule has 0 radical (unpaired) electrons. The van der Waals surface area contributed by atoms with Crippen molar-refractivity contribution in [2.45, 2.75) is 13.8 Å². The van der Waals surface area contributed by atoms with Crippen LogP contribution in [0.4, 0.5) is 11.4 Å². The summed E-state index contributed by atoms with van der Waals surface area (Å²) in [6.45, 7) is 4.83. The van der Waals surface area contributed by atoms with Crippen molar-refractivity contribution in [1.29, 1.82) is 0 Å². The molecule has 0 bridgehead atoms. The lowest BCUT2D eigenvalue weighted by atomic mass is 10.1. The van der Waals surface area contributed by atoms with Gasteiger partial charge in [0.25, 0.3) is 5.91 Å². The zero-order chi connectivity index (χ0) is 20.6. The lowest BCUT2D eigenvalue weighted by Crippen LogP contribution is -2.28. The van der Waals surface area contributed by atoms with Gasteiger partial charge in [-0.25, -0.2) is 0 Å². The summed E-state index contributed by atoms with van der Waals surface area (Å²) in [4.78, 5) is 16.6. The van der Waals surface area contributed by atoms with Gasteiger partial charge in [0.15, 0.2) is 0 Å². The van der Waals surface area contributed by atoms with Crippen molar-refractivity contribution in [3.05, 3.63) is 77.6 Å². The van der Waals surface area contributed by atoms with E-state index in [9.17, 15) is 4.79 Å². The normalized spacial score (nSPS) is 10.3. The quantitative estimate of drug-likeness (QED) is 0.562. The highest BCUT2D eigenvalue weighted by atomic mass is 16.5. The van der Waals surface area contributed by atoms with E-state index in [1.54, 1.807) is 19.4 Å². The van der Waals surface area contributed by atoms with Gasteiger partial charge in [-0.15, -0.1) is 0 Å². The van der Waals surface area contributed by atoms with E-state index < -0.39 is 0 Å². The van der Waals surface area contributed by atoms with Crippen LogP contribution in [0, 0.1) is 13.8 Å². The zero-order valence-corrected chi connectivity index (χ0v) is 16.9. The van der Waals surface area contributed by atoms with Crippen LogP contribution in [0.1, 0.15) is 21.6 Å². The smallest absolute Gasteiger partial charge is 0.270 e. The summed E-state index contributed by atoms with van der Waals surface area (Å²) in [5.74, 6) is 1.25. The zero-order valence-electron chi connectivity index (χ0n) is 16.9. The number of anilines is 2. The molecule has 2 N–H and O–H groups in total. The molecular formula is C23H25N3O3. The minimum atomic E-state index is -0.242. The summed E-state index contributed by atoms with van der Waals surface area (Å²) in [6.07, 6.45) is 1.62. The van der Waals surface area contributed by atoms with Crippen molar-refractivity contribution in [1.82, 2.24) is 10.3 Å². The maximum atomic E-state index is 12.4. The van der Waals surface area contributed by atoms with Crippen LogP contribution < -0.4 is 20.1 Å². The van der Waals surface area contributed by atoms with Gasteiger partial charge in [0.05, 0.1) is 13.7 Å². The number of pyridine rings is 1. The molecule has 150 valence electrons. The number of nitrogens with zero attached hydrogens (tertiary/aromatic N) is 1.